The highest BCUT2D eigenvalue weighted by atomic mass is 35.5. The molecule has 1 aromatic rings. The molecule has 0 amide bonds. The van der Waals surface area contributed by atoms with Crippen molar-refractivity contribution in [2.24, 2.45) is 11.8 Å². The fraction of sp³-hybridized carbons (Fsp3) is 0.625. The lowest BCUT2D eigenvalue weighted by Gasteiger charge is -2.21. The molecule has 1 nitrogen and oxygen atoms in total. The van der Waals surface area contributed by atoms with Gasteiger partial charge in [0, 0.05) is 5.02 Å². The monoisotopic (exact) mass is 300 g/mol. The maximum absolute atomic E-state index is 5.87. The minimum atomic E-state index is 0.625. The molecule has 1 atom stereocenters. The molecular weight excluding hydrogens is 276 g/mol. The number of hydrogen-bond donors (Lipinski definition) is 0. The van der Waals surface area contributed by atoms with Crippen LogP contribution in [0.2, 0.25) is 5.02 Å². The first-order chi connectivity index (χ1) is 8.99. The van der Waals surface area contributed by atoms with Crippen LogP contribution in [0.5, 0.6) is 0 Å². The summed E-state index contributed by atoms with van der Waals surface area (Å²) in [6.45, 7) is 10.5. The molecule has 0 aliphatic rings. The summed E-state index contributed by atoms with van der Waals surface area (Å²) in [7, 11) is 0. The Hall–Kier alpha value is -0.180. The predicted molar refractivity (Wildman–Crippen MR) is 87.0 cm³/mol. The third-order valence-electron chi connectivity index (χ3n) is 3.10. The highest BCUT2D eigenvalue weighted by Crippen LogP contribution is 2.21. The van der Waals surface area contributed by atoms with E-state index in [4.69, 9.17) is 16.3 Å². The van der Waals surface area contributed by atoms with Crippen LogP contribution in [0.4, 0.5) is 0 Å². The van der Waals surface area contributed by atoms with Crippen LogP contribution >= 0.6 is 23.4 Å². The highest BCUT2D eigenvalue weighted by molar-refractivity contribution is 7.99. The van der Waals surface area contributed by atoms with Crippen molar-refractivity contribution in [2.45, 2.75) is 39.6 Å². The van der Waals surface area contributed by atoms with E-state index in [2.05, 4.69) is 27.7 Å². The van der Waals surface area contributed by atoms with Gasteiger partial charge in [-0.3, -0.25) is 0 Å². The van der Waals surface area contributed by atoms with Gasteiger partial charge in [-0.1, -0.05) is 51.4 Å². The summed E-state index contributed by atoms with van der Waals surface area (Å²) in [5.74, 6) is 2.46. The fourth-order valence-electron chi connectivity index (χ4n) is 1.66. The quantitative estimate of drug-likeness (QED) is 0.647. The highest BCUT2D eigenvalue weighted by Gasteiger charge is 2.14. The largest absolute Gasteiger partial charge is 0.376 e. The second-order valence-electron chi connectivity index (χ2n) is 5.53. The summed E-state index contributed by atoms with van der Waals surface area (Å²) in [5.41, 5.74) is 1.18. The van der Waals surface area contributed by atoms with Gasteiger partial charge >= 0.3 is 0 Å². The lowest BCUT2D eigenvalue weighted by Crippen LogP contribution is -2.19. The van der Waals surface area contributed by atoms with E-state index in [0.29, 0.717) is 23.7 Å². The lowest BCUT2D eigenvalue weighted by molar-refractivity contribution is 0.0796. The van der Waals surface area contributed by atoms with Crippen molar-refractivity contribution in [3.63, 3.8) is 0 Å². The summed E-state index contributed by atoms with van der Waals surface area (Å²) < 4.78 is 5.86. The molecule has 0 heterocycles. The van der Waals surface area contributed by atoms with Gasteiger partial charge < -0.3 is 4.74 Å². The Morgan fingerprint density at radius 2 is 1.74 bits per heavy atom. The molecule has 0 bridgehead atoms. The van der Waals surface area contributed by atoms with Crippen molar-refractivity contribution in [2.75, 3.05) is 12.4 Å². The second kappa shape index (κ2) is 8.89. The summed E-state index contributed by atoms with van der Waals surface area (Å²) in [4.78, 5) is 0. The average molecular weight is 301 g/mol. The maximum Gasteiger partial charge on any atom is 0.0717 e. The minimum Gasteiger partial charge on any atom is -0.376 e. The van der Waals surface area contributed by atoms with E-state index in [9.17, 15) is 0 Å². The molecule has 0 fully saturated rings. The number of rotatable bonds is 8. The molecule has 1 aromatic carbocycles. The molecule has 1 rings (SSSR count). The number of halogens is 1. The number of thioether (sulfide) groups is 1. The minimum absolute atomic E-state index is 0.625. The zero-order valence-electron chi connectivity index (χ0n) is 12.4. The van der Waals surface area contributed by atoms with Gasteiger partial charge in [0.1, 0.15) is 0 Å². The molecule has 0 radical (unpaired) electrons. The predicted octanol–water partition coefficient (Wildman–Crippen LogP) is 5.27. The van der Waals surface area contributed by atoms with Crippen molar-refractivity contribution in [3.8, 4) is 0 Å². The number of ether oxygens (including phenoxy) is 1. The summed E-state index contributed by atoms with van der Waals surface area (Å²) in [6, 6.07) is 7.87. The first kappa shape index (κ1) is 16.9. The Bertz CT molecular complexity index is 348. The lowest BCUT2D eigenvalue weighted by atomic mass is 9.99. The first-order valence-corrected chi connectivity index (χ1v) is 8.35. The van der Waals surface area contributed by atoms with Crippen LogP contribution in [-0.4, -0.2) is 17.6 Å². The average Bonchev–Trinajstić information content (AvgIpc) is 2.35. The Labute approximate surface area is 127 Å². The fourth-order valence-corrected chi connectivity index (χ4v) is 2.90. The second-order valence-corrected chi connectivity index (χ2v) is 7.57. The van der Waals surface area contributed by atoms with Gasteiger partial charge in [0.25, 0.3) is 0 Å². The van der Waals surface area contributed by atoms with Gasteiger partial charge in [0.05, 0.1) is 13.2 Å². The third-order valence-corrected chi connectivity index (χ3v) is 4.64. The zero-order valence-corrected chi connectivity index (χ0v) is 13.9. The molecule has 3 heteroatoms. The van der Waals surface area contributed by atoms with E-state index >= 15 is 0 Å². The number of benzene rings is 1. The normalized spacial score (nSPS) is 13.2. The Morgan fingerprint density at radius 1 is 1.11 bits per heavy atom. The molecule has 19 heavy (non-hydrogen) atoms. The van der Waals surface area contributed by atoms with Crippen molar-refractivity contribution in [1.29, 1.82) is 0 Å². The Balaban J connectivity index is 2.33. The Morgan fingerprint density at radius 3 is 2.26 bits per heavy atom. The van der Waals surface area contributed by atoms with Crippen LogP contribution in [0.25, 0.3) is 0 Å². The van der Waals surface area contributed by atoms with Crippen LogP contribution in [0.15, 0.2) is 24.3 Å². The van der Waals surface area contributed by atoms with E-state index in [-0.39, 0.29) is 0 Å². The zero-order chi connectivity index (χ0) is 14.3. The van der Waals surface area contributed by atoms with Crippen LogP contribution < -0.4 is 0 Å². The van der Waals surface area contributed by atoms with Crippen LogP contribution in [-0.2, 0) is 11.3 Å². The maximum atomic E-state index is 5.87. The van der Waals surface area contributed by atoms with E-state index in [1.165, 1.54) is 11.3 Å². The first-order valence-electron chi connectivity index (χ1n) is 6.92. The smallest absolute Gasteiger partial charge is 0.0717 e. The molecule has 1 unspecified atom stereocenters. The standard InChI is InChI=1S/C16H25ClOS/c1-12(2)15(11-19-13(3)4)10-18-9-14-5-7-16(17)8-6-14/h5-8,12-13,15H,9-11H2,1-4H3. The molecular formula is C16H25ClOS. The van der Waals surface area contributed by atoms with Gasteiger partial charge in [-0.2, -0.15) is 11.8 Å². The van der Waals surface area contributed by atoms with Crippen molar-refractivity contribution in [1.82, 2.24) is 0 Å². The molecule has 0 aromatic heterocycles. The van der Waals surface area contributed by atoms with E-state index in [1.54, 1.807) is 0 Å². The van der Waals surface area contributed by atoms with E-state index < -0.39 is 0 Å². The van der Waals surface area contributed by atoms with Gasteiger partial charge in [-0.05, 0) is 40.5 Å². The summed E-state index contributed by atoms with van der Waals surface area (Å²) in [5, 5.41) is 1.47. The Kier molecular flexibility index (Phi) is 7.89. The molecule has 0 saturated carbocycles. The molecule has 108 valence electrons. The van der Waals surface area contributed by atoms with E-state index in [0.717, 1.165) is 11.6 Å². The SMILES string of the molecule is CC(C)SCC(COCc1ccc(Cl)cc1)C(C)C. The molecule has 0 aliphatic carbocycles. The summed E-state index contributed by atoms with van der Waals surface area (Å²) >= 11 is 7.88. The third kappa shape index (κ3) is 7.24. The number of hydrogen-bond acceptors (Lipinski definition) is 2. The van der Waals surface area contributed by atoms with Gasteiger partial charge in [-0.25, -0.2) is 0 Å². The van der Waals surface area contributed by atoms with Crippen molar-refractivity contribution < 1.29 is 4.74 Å². The van der Waals surface area contributed by atoms with Gasteiger partial charge in [0.15, 0.2) is 0 Å². The van der Waals surface area contributed by atoms with Crippen LogP contribution in [0, 0.1) is 11.8 Å². The molecule has 0 N–H and O–H groups in total. The van der Waals surface area contributed by atoms with Crippen molar-refractivity contribution >= 4 is 23.4 Å². The van der Waals surface area contributed by atoms with Crippen LogP contribution in [0.1, 0.15) is 33.3 Å². The van der Waals surface area contributed by atoms with E-state index in [1.807, 2.05) is 36.0 Å². The van der Waals surface area contributed by atoms with Crippen molar-refractivity contribution in [3.05, 3.63) is 34.9 Å². The summed E-state index contributed by atoms with van der Waals surface area (Å²) in [6.07, 6.45) is 0. The molecule has 0 aliphatic heterocycles. The van der Waals surface area contributed by atoms with Gasteiger partial charge in [-0.15, -0.1) is 0 Å². The van der Waals surface area contributed by atoms with Gasteiger partial charge in [0.2, 0.25) is 0 Å². The molecule has 0 saturated heterocycles. The van der Waals surface area contributed by atoms with Crippen LogP contribution in [0.3, 0.4) is 0 Å². The molecule has 0 spiro atoms. The topological polar surface area (TPSA) is 9.23 Å².